The predicted molar refractivity (Wildman–Crippen MR) is 97.6 cm³/mol. The molecule has 0 aliphatic carbocycles. The molecule has 0 unspecified atom stereocenters. The number of carbonyl (C=O) groups excluding carboxylic acids is 1. The number of nitrogens with one attached hydrogen (secondary N) is 2. The standard InChI is InChI=1S/C19H23N3O2/c1-4-18(15-7-5-14(2)6-8-15)21-22-19(23)13-20-16-9-11-17(24-3)12-10-16/h5-12,20H,4,13H2,1-3H3,(H,22,23)/b21-18-. The quantitative estimate of drug-likeness (QED) is 0.606. The monoisotopic (exact) mass is 325 g/mol. The summed E-state index contributed by atoms with van der Waals surface area (Å²) in [5, 5.41) is 7.29. The smallest absolute Gasteiger partial charge is 0.259 e. The average molecular weight is 325 g/mol. The summed E-state index contributed by atoms with van der Waals surface area (Å²) >= 11 is 0. The van der Waals surface area contributed by atoms with Gasteiger partial charge in [0.25, 0.3) is 5.91 Å². The zero-order valence-electron chi connectivity index (χ0n) is 14.3. The third kappa shape index (κ3) is 5.12. The van der Waals surface area contributed by atoms with Gasteiger partial charge in [-0.3, -0.25) is 4.79 Å². The molecule has 0 fully saturated rings. The number of amides is 1. The number of aryl methyl sites for hydroxylation is 1. The van der Waals surface area contributed by atoms with Gasteiger partial charge >= 0.3 is 0 Å². The molecular formula is C19H23N3O2. The lowest BCUT2D eigenvalue weighted by atomic mass is 10.1. The molecule has 2 aromatic rings. The summed E-state index contributed by atoms with van der Waals surface area (Å²) in [6.45, 7) is 4.21. The van der Waals surface area contributed by atoms with Crippen LogP contribution in [0.25, 0.3) is 0 Å². The highest BCUT2D eigenvalue weighted by molar-refractivity contribution is 6.01. The van der Waals surface area contributed by atoms with Crippen molar-refractivity contribution >= 4 is 17.3 Å². The van der Waals surface area contributed by atoms with Crippen LogP contribution in [0.1, 0.15) is 24.5 Å². The minimum absolute atomic E-state index is 0.153. The second-order valence-electron chi connectivity index (χ2n) is 5.40. The van der Waals surface area contributed by atoms with Gasteiger partial charge in [0.05, 0.1) is 19.4 Å². The van der Waals surface area contributed by atoms with Gasteiger partial charge in [0.2, 0.25) is 0 Å². The number of hydrogen-bond donors (Lipinski definition) is 2. The van der Waals surface area contributed by atoms with E-state index in [4.69, 9.17) is 4.74 Å². The SMILES string of the molecule is CC/C(=N/NC(=O)CNc1ccc(OC)cc1)c1ccc(C)cc1. The van der Waals surface area contributed by atoms with Crippen molar-refractivity contribution in [1.82, 2.24) is 5.43 Å². The van der Waals surface area contributed by atoms with Crippen LogP contribution in [0.15, 0.2) is 53.6 Å². The van der Waals surface area contributed by atoms with Gasteiger partial charge in [-0.1, -0.05) is 36.8 Å². The Hall–Kier alpha value is -2.82. The van der Waals surface area contributed by atoms with Crippen LogP contribution in [-0.2, 0) is 4.79 Å². The van der Waals surface area contributed by atoms with Crippen LogP contribution in [-0.4, -0.2) is 25.3 Å². The fourth-order valence-electron chi connectivity index (χ4n) is 2.15. The normalized spacial score (nSPS) is 11.0. The molecule has 1 amide bonds. The topological polar surface area (TPSA) is 62.7 Å². The summed E-state index contributed by atoms with van der Waals surface area (Å²) in [5.41, 5.74) is 6.52. The zero-order valence-corrected chi connectivity index (χ0v) is 14.3. The summed E-state index contributed by atoms with van der Waals surface area (Å²) in [6, 6.07) is 15.5. The molecule has 2 rings (SSSR count). The van der Waals surface area contributed by atoms with Crippen LogP contribution >= 0.6 is 0 Å². The maximum atomic E-state index is 11.9. The van der Waals surface area contributed by atoms with E-state index in [1.54, 1.807) is 7.11 Å². The molecule has 2 aromatic carbocycles. The minimum Gasteiger partial charge on any atom is -0.497 e. The number of carbonyl (C=O) groups is 1. The molecule has 5 heteroatoms. The van der Waals surface area contributed by atoms with E-state index in [1.165, 1.54) is 5.56 Å². The van der Waals surface area contributed by atoms with Crippen molar-refractivity contribution in [3.05, 3.63) is 59.7 Å². The van der Waals surface area contributed by atoms with Gasteiger partial charge in [0, 0.05) is 5.69 Å². The predicted octanol–water partition coefficient (Wildman–Crippen LogP) is 3.35. The van der Waals surface area contributed by atoms with Crippen LogP contribution in [0, 0.1) is 6.92 Å². The molecule has 0 bridgehead atoms. The first kappa shape index (κ1) is 17.5. The Morgan fingerprint density at radius 3 is 2.33 bits per heavy atom. The van der Waals surface area contributed by atoms with Crippen molar-refractivity contribution < 1.29 is 9.53 Å². The number of rotatable bonds is 7. The largest absolute Gasteiger partial charge is 0.497 e. The number of hydrazone groups is 1. The Balaban J connectivity index is 1.89. The second-order valence-corrected chi connectivity index (χ2v) is 5.40. The van der Waals surface area contributed by atoms with Crippen molar-refractivity contribution in [1.29, 1.82) is 0 Å². The second kappa shape index (κ2) is 8.72. The van der Waals surface area contributed by atoms with E-state index in [-0.39, 0.29) is 12.5 Å². The first-order chi connectivity index (χ1) is 11.6. The van der Waals surface area contributed by atoms with Crippen LogP contribution in [0.3, 0.4) is 0 Å². The minimum atomic E-state index is -0.191. The number of anilines is 1. The van der Waals surface area contributed by atoms with Gasteiger partial charge in [-0.25, -0.2) is 5.43 Å². The molecule has 0 radical (unpaired) electrons. The van der Waals surface area contributed by atoms with Gasteiger partial charge in [-0.2, -0.15) is 5.10 Å². The van der Waals surface area contributed by atoms with Crippen LogP contribution in [0.2, 0.25) is 0 Å². The highest BCUT2D eigenvalue weighted by Gasteiger charge is 2.04. The molecule has 24 heavy (non-hydrogen) atoms. The van der Waals surface area contributed by atoms with Gasteiger partial charge in [-0.15, -0.1) is 0 Å². The van der Waals surface area contributed by atoms with E-state index < -0.39 is 0 Å². The van der Waals surface area contributed by atoms with Crippen LogP contribution < -0.4 is 15.5 Å². The average Bonchev–Trinajstić information content (AvgIpc) is 2.62. The number of ether oxygens (including phenoxy) is 1. The molecule has 0 heterocycles. The summed E-state index contributed by atoms with van der Waals surface area (Å²) in [5.74, 6) is 0.587. The number of benzene rings is 2. The first-order valence-electron chi connectivity index (χ1n) is 7.92. The molecular weight excluding hydrogens is 302 g/mol. The summed E-state index contributed by atoms with van der Waals surface area (Å²) in [4.78, 5) is 11.9. The van der Waals surface area contributed by atoms with Gasteiger partial charge < -0.3 is 10.1 Å². The van der Waals surface area contributed by atoms with Crippen molar-refractivity contribution in [3.63, 3.8) is 0 Å². The Morgan fingerprint density at radius 2 is 1.75 bits per heavy atom. The Morgan fingerprint density at radius 1 is 1.08 bits per heavy atom. The zero-order chi connectivity index (χ0) is 17.4. The van der Waals surface area contributed by atoms with Gasteiger partial charge in [0.15, 0.2) is 0 Å². The summed E-state index contributed by atoms with van der Waals surface area (Å²) in [6.07, 6.45) is 0.745. The van der Waals surface area contributed by atoms with E-state index in [9.17, 15) is 4.79 Å². The van der Waals surface area contributed by atoms with Crippen molar-refractivity contribution in [3.8, 4) is 5.75 Å². The van der Waals surface area contributed by atoms with E-state index in [2.05, 4.69) is 15.8 Å². The Kier molecular flexibility index (Phi) is 6.37. The van der Waals surface area contributed by atoms with Crippen molar-refractivity contribution in [2.45, 2.75) is 20.3 Å². The molecule has 0 aromatic heterocycles. The highest BCUT2D eigenvalue weighted by atomic mass is 16.5. The number of nitrogens with zero attached hydrogens (tertiary/aromatic N) is 1. The molecule has 5 nitrogen and oxygen atoms in total. The maximum absolute atomic E-state index is 11.9. The maximum Gasteiger partial charge on any atom is 0.259 e. The highest BCUT2D eigenvalue weighted by Crippen LogP contribution is 2.14. The Labute approximate surface area is 142 Å². The lowest BCUT2D eigenvalue weighted by Gasteiger charge is -2.08. The molecule has 0 aliphatic heterocycles. The van der Waals surface area contributed by atoms with E-state index in [0.29, 0.717) is 0 Å². The summed E-state index contributed by atoms with van der Waals surface area (Å²) < 4.78 is 5.10. The number of methoxy groups -OCH3 is 1. The van der Waals surface area contributed by atoms with Crippen LogP contribution in [0.4, 0.5) is 5.69 Å². The fraction of sp³-hybridized carbons (Fsp3) is 0.263. The van der Waals surface area contributed by atoms with E-state index in [1.807, 2.05) is 62.4 Å². The van der Waals surface area contributed by atoms with Crippen LogP contribution in [0.5, 0.6) is 5.75 Å². The number of hydrogen-bond acceptors (Lipinski definition) is 4. The molecule has 0 atom stereocenters. The first-order valence-corrected chi connectivity index (χ1v) is 7.92. The molecule has 0 saturated carbocycles. The lowest BCUT2D eigenvalue weighted by Crippen LogP contribution is -2.27. The van der Waals surface area contributed by atoms with E-state index in [0.717, 1.165) is 29.1 Å². The molecule has 0 spiro atoms. The molecule has 0 saturated heterocycles. The molecule has 0 aliphatic rings. The third-order valence-electron chi connectivity index (χ3n) is 3.58. The molecule has 2 N–H and O–H groups in total. The van der Waals surface area contributed by atoms with Crippen molar-refractivity contribution in [2.24, 2.45) is 5.10 Å². The van der Waals surface area contributed by atoms with E-state index >= 15 is 0 Å². The fourth-order valence-corrected chi connectivity index (χ4v) is 2.15. The lowest BCUT2D eigenvalue weighted by molar-refractivity contribution is -0.119. The summed E-state index contributed by atoms with van der Waals surface area (Å²) in [7, 11) is 1.62. The van der Waals surface area contributed by atoms with Gasteiger partial charge in [0.1, 0.15) is 5.75 Å². The van der Waals surface area contributed by atoms with Gasteiger partial charge in [-0.05, 0) is 43.2 Å². The Bertz CT molecular complexity index is 692. The molecule has 126 valence electrons. The third-order valence-corrected chi connectivity index (χ3v) is 3.58. The van der Waals surface area contributed by atoms with Crippen molar-refractivity contribution in [2.75, 3.05) is 19.0 Å².